The van der Waals surface area contributed by atoms with Crippen LogP contribution in [-0.4, -0.2) is 67.0 Å². The van der Waals surface area contributed by atoms with Crippen molar-refractivity contribution in [2.45, 2.75) is 25.8 Å². The van der Waals surface area contributed by atoms with Crippen molar-refractivity contribution in [3.05, 3.63) is 29.8 Å². The molecule has 6 nitrogen and oxygen atoms in total. The molecule has 6 heteroatoms. The molecule has 1 aromatic carbocycles. The molecule has 130 valence electrons. The highest BCUT2D eigenvalue weighted by Crippen LogP contribution is 2.18. The average Bonchev–Trinajstić information content (AvgIpc) is 2.60. The van der Waals surface area contributed by atoms with E-state index in [-0.39, 0.29) is 24.5 Å². The van der Waals surface area contributed by atoms with Gasteiger partial charge in [-0.25, -0.2) is 0 Å². The maximum atomic E-state index is 12.5. The summed E-state index contributed by atoms with van der Waals surface area (Å²) >= 11 is 0. The normalized spacial score (nSPS) is 21.7. The first-order chi connectivity index (χ1) is 11.6. The number of hydrogen-bond donors (Lipinski definition) is 1. The molecule has 2 saturated heterocycles. The number of ether oxygens (including phenoxy) is 1. The molecular weight excluding hydrogens is 306 g/mol. The summed E-state index contributed by atoms with van der Waals surface area (Å²) < 4.78 is 5.62. The van der Waals surface area contributed by atoms with E-state index in [1.54, 1.807) is 0 Å². The molecular formula is C18H25N3O3. The second-order valence-corrected chi connectivity index (χ2v) is 6.50. The molecule has 1 unspecified atom stereocenters. The molecule has 1 N–H and O–H groups in total. The number of carbonyl (C=O) groups is 2. The molecule has 1 atom stereocenters. The van der Waals surface area contributed by atoms with E-state index in [4.69, 9.17) is 4.74 Å². The Labute approximate surface area is 142 Å². The maximum absolute atomic E-state index is 12.5. The molecule has 0 saturated carbocycles. The number of nitrogens with one attached hydrogen (secondary N) is 1. The first-order valence-electron chi connectivity index (χ1n) is 8.61. The van der Waals surface area contributed by atoms with Crippen LogP contribution in [0.1, 0.15) is 18.4 Å². The second-order valence-electron chi connectivity index (χ2n) is 6.50. The van der Waals surface area contributed by atoms with Gasteiger partial charge in [-0.15, -0.1) is 0 Å². The molecule has 2 aliphatic rings. The van der Waals surface area contributed by atoms with Crippen LogP contribution >= 0.6 is 0 Å². The van der Waals surface area contributed by atoms with Crippen LogP contribution in [0.15, 0.2) is 24.3 Å². The molecule has 2 amide bonds. The molecule has 1 aromatic rings. The summed E-state index contributed by atoms with van der Waals surface area (Å²) in [6, 6.07) is 7.83. The highest BCUT2D eigenvalue weighted by molar-refractivity contribution is 5.80. The van der Waals surface area contributed by atoms with E-state index in [0.717, 1.165) is 38.0 Å². The minimum atomic E-state index is -0.0104. The van der Waals surface area contributed by atoms with Crippen LogP contribution in [0.5, 0.6) is 5.75 Å². The van der Waals surface area contributed by atoms with Crippen molar-refractivity contribution in [3.63, 3.8) is 0 Å². The van der Waals surface area contributed by atoms with Gasteiger partial charge in [0.05, 0.1) is 6.54 Å². The van der Waals surface area contributed by atoms with Crippen LogP contribution in [0.2, 0.25) is 0 Å². The van der Waals surface area contributed by atoms with Gasteiger partial charge in [-0.05, 0) is 37.5 Å². The minimum absolute atomic E-state index is 0.0104. The molecule has 0 aliphatic carbocycles. The average molecular weight is 331 g/mol. The van der Waals surface area contributed by atoms with Gasteiger partial charge in [-0.2, -0.15) is 0 Å². The SMILES string of the molecule is Cc1cccc(OCC(=O)N2CCCC(N3CCNCC3=O)C2)c1. The van der Waals surface area contributed by atoms with Crippen molar-refractivity contribution in [1.29, 1.82) is 0 Å². The van der Waals surface area contributed by atoms with Gasteiger partial charge in [-0.3, -0.25) is 9.59 Å². The third kappa shape index (κ3) is 4.06. The number of piperidine rings is 1. The first-order valence-corrected chi connectivity index (χ1v) is 8.61. The van der Waals surface area contributed by atoms with Crippen LogP contribution in [0, 0.1) is 6.92 Å². The van der Waals surface area contributed by atoms with Crippen molar-refractivity contribution in [1.82, 2.24) is 15.1 Å². The molecule has 0 radical (unpaired) electrons. The zero-order valence-electron chi connectivity index (χ0n) is 14.2. The number of benzene rings is 1. The fourth-order valence-electron chi connectivity index (χ4n) is 3.38. The zero-order chi connectivity index (χ0) is 16.9. The molecule has 24 heavy (non-hydrogen) atoms. The smallest absolute Gasteiger partial charge is 0.260 e. The summed E-state index contributed by atoms with van der Waals surface area (Å²) in [5, 5.41) is 3.09. The van der Waals surface area contributed by atoms with Gasteiger partial charge in [0, 0.05) is 32.2 Å². The van der Waals surface area contributed by atoms with Crippen molar-refractivity contribution in [2.75, 3.05) is 39.3 Å². The Morgan fingerprint density at radius 3 is 3.04 bits per heavy atom. The molecule has 3 rings (SSSR count). The van der Waals surface area contributed by atoms with Gasteiger partial charge in [0.1, 0.15) is 5.75 Å². The van der Waals surface area contributed by atoms with Crippen molar-refractivity contribution >= 4 is 11.8 Å². The Balaban J connectivity index is 1.54. The van der Waals surface area contributed by atoms with Gasteiger partial charge >= 0.3 is 0 Å². The quantitative estimate of drug-likeness (QED) is 0.886. The first kappa shape index (κ1) is 16.8. The lowest BCUT2D eigenvalue weighted by Gasteiger charge is -2.41. The van der Waals surface area contributed by atoms with E-state index in [9.17, 15) is 9.59 Å². The van der Waals surface area contributed by atoms with Crippen LogP contribution in [0.4, 0.5) is 0 Å². The van der Waals surface area contributed by atoms with E-state index in [2.05, 4.69) is 5.32 Å². The van der Waals surface area contributed by atoms with Crippen molar-refractivity contribution in [2.24, 2.45) is 0 Å². The van der Waals surface area contributed by atoms with E-state index in [1.807, 2.05) is 41.0 Å². The monoisotopic (exact) mass is 331 g/mol. The molecule has 2 heterocycles. The standard InChI is InChI=1S/C18H25N3O3/c1-14-4-2-6-16(10-14)24-13-18(23)20-8-3-5-15(12-20)21-9-7-19-11-17(21)22/h2,4,6,10,15,19H,3,5,7-9,11-13H2,1H3. The maximum Gasteiger partial charge on any atom is 0.260 e. The summed E-state index contributed by atoms with van der Waals surface area (Å²) in [6.07, 6.45) is 1.90. The predicted octanol–water partition coefficient (Wildman–Crippen LogP) is 0.797. The van der Waals surface area contributed by atoms with Crippen LogP contribution in [0.3, 0.4) is 0 Å². The van der Waals surface area contributed by atoms with Gasteiger partial charge in [0.15, 0.2) is 6.61 Å². The van der Waals surface area contributed by atoms with Crippen LogP contribution < -0.4 is 10.1 Å². The minimum Gasteiger partial charge on any atom is -0.484 e. The Bertz CT molecular complexity index is 605. The lowest BCUT2D eigenvalue weighted by atomic mass is 10.0. The number of amides is 2. The number of hydrogen-bond acceptors (Lipinski definition) is 4. The largest absolute Gasteiger partial charge is 0.484 e. The number of rotatable bonds is 4. The zero-order valence-corrected chi connectivity index (χ0v) is 14.2. The van der Waals surface area contributed by atoms with Crippen LogP contribution in [-0.2, 0) is 9.59 Å². The highest BCUT2D eigenvalue weighted by Gasteiger charge is 2.31. The molecule has 0 bridgehead atoms. The Kier molecular flexibility index (Phi) is 5.35. The fraction of sp³-hybridized carbons (Fsp3) is 0.556. The van der Waals surface area contributed by atoms with Crippen molar-refractivity contribution in [3.8, 4) is 5.75 Å². The predicted molar refractivity (Wildman–Crippen MR) is 90.9 cm³/mol. The number of likely N-dealkylation sites (tertiary alicyclic amines) is 1. The third-order valence-corrected chi connectivity index (χ3v) is 4.67. The molecule has 0 spiro atoms. The van der Waals surface area contributed by atoms with E-state index in [1.165, 1.54) is 0 Å². The number of nitrogens with zero attached hydrogens (tertiary/aromatic N) is 2. The van der Waals surface area contributed by atoms with Crippen molar-refractivity contribution < 1.29 is 14.3 Å². The topological polar surface area (TPSA) is 61.9 Å². The van der Waals surface area contributed by atoms with Gasteiger partial charge in [-0.1, -0.05) is 12.1 Å². The summed E-state index contributed by atoms with van der Waals surface area (Å²) in [7, 11) is 0. The number of aryl methyl sites for hydroxylation is 1. The second kappa shape index (κ2) is 7.66. The third-order valence-electron chi connectivity index (χ3n) is 4.67. The Morgan fingerprint density at radius 2 is 2.25 bits per heavy atom. The van der Waals surface area contributed by atoms with Gasteiger partial charge < -0.3 is 19.9 Å². The van der Waals surface area contributed by atoms with Gasteiger partial charge in [0.2, 0.25) is 5.91 Å². The summed E-state index contributed by atoms with van der Waals surface area (Å²) in [5.41, 5.74) is 1.11. The molecule has 0 aromatic heterocycles. The molecule has 2 fully saturated rings. The van der Waals surface area contributed by atoms with Gasteiger partial charge in [0.25, 0.3) is 5.91 Å². The fourth-order valence-corrected chi connectivity index (χ4v) is 3.38. The van der Waals surface area contributed by atoms with E-state index in [0.29, 0.717) is 18.8 Å². The molecule has 2 aliphatic heterocycles. The highest BCUT2D eigenvalue weighted by atomic mass is 16.5. The number of piperazine rings is 1. The summed E-state index contributed by atoms with van der Waals surface area (Å²) in [6.45, 7) is 5.35. The summed E-state index contributed by atoms with van der Waals surface area (Å²) in [4.78, 5) is 28.3. The van der Waals surface area contributed by atoms with E-state index >= 15 is 0 Å². The number of carbonyl (C=O) groups excluding carboxylic acids is 2. The lowest BCUT2D eigenvalue weighted by molar-refractivity contribution is -0.141. The Hall–Kier alpha value is -2.08. The lowest BCUT2D eigenvalue weighted by Crippen LogP contribution is -2.57. The van der Waals surface area contributed by atoms with E-state index < -0.39 is 0 Å². The van der Waals surface area contributed by atoms with Crippen LogP contribution in [0.25, 0.3) is 0 Å². The Morgan fingerprint density at radius 1 is 1.38 bits per heavy atom. The summed E-state index contributed by atoms with van der Waals surface area (Å²) in [5.74, 6) is 0.842.